The predicted molar refractivity (Wildman–Crippen MR) is 171 cm³/mol. The van der Waals surface area contributed by atoms with Gasteiger partial charge in [0.05, 0.1) is 40.3 Å². The van der Waals surface area contributed by atoms with Gasteiger partial charge in [0.25, 0.3) is 11.8 Å². The average Bonchev–Trinajstić information content (AvgIpc) is 3.48. The Kier molecular flexibility index (Phi) is 10.4. The molecule has 1 atom stereocenters. The van der Waals surface area contributed by atoms with Crippen LogP contribution in [0.5, 0.6) is 0 Å². The standard InChI is InChI=1S/C31H31Cl2N7O5/c32-28-19(4-1-6-22(28)37-30(44)24-10-9-18(16-35-24)15-34-11-13-41)20-5-2-7-23(29(20)33)38-31(45)25-14-26-21(36-17-27(42)43)8-3-12-40(26)39-25/h1-2,4-7,9-10,14,16,21,34,36,41H,3,8,11-13,15,17H2,(H,37,44)(H,38,45)(H,42,43)/t21-/m1/s1. The Bertz CT molecular complexity index is 1710. The molecule has 3 heterocycles. The van der Waals surface area contributed by atoms with Crippen molar-refractivity contribution >= 4 is 52.4 Å². The number of aryl methyl sites for hydroxylation is 1. The largest absolute Gasteiger partial charge is 0.480 e. The molecule has 6 N–H and O–H groups in total. The number of carboxylic acid groups (broad SMARTS) is 1. The van der Waals surface area contributed by atoms with Crippen molar-refractivity contribution < 1.29 is 24.6 Å². The molecular formula is C31H31Cl2N7O5. The fraction of sp³-hybridized carbons (Fsp3) is 0.258. The Hall–Kier alpha value is -4.33. The number of rotatable bonds is 12. The first-order chi connectivity index (χ1) is 21.7. The molecule has 0 aliphatic carbocycles. The minimum Gasteiger partial charge on any atom is -0.480 e. The summed E-state index contributed by atoms with van der Waals surface area (Å²) in [4.78, 5) is 41.4. The van der Waals surface area contributed by atoms with Crippen LogP contribution in [-0.4, -0.2) is 62.5 Å². The van der Waals surface area contributed by atoms with Crippen molar-refractivity contribution in [2.75, 3.05) is 30.3 Å². The number of halogens is 2. The fourth-order valence-corrected chi connectivity index (χ4v) is 5.58. The predicted octanol–water partition coefficient (Wildman–Crippen LogP) is 4.35. The highest BCUT2D eigenvalue weighted by atomic mass is 35.5. The number of carboxylic acids is 1. The first kappa shape index (κ1) is 32.1. The van der Waals surface area contributed by atoms with Crippen LogP contribution in [0.25, 0.3) is 11.1 Å². The molecule has 1 aliphatic heterocycles. The summed E-state index contributed by atoms with van der Waals surface area (Å²) in [7, 11) is 0. The summed E-state index contributed by atoms with van der Waals surface area (Å²) in [5.41, 5.74) is 3.78. The average molecular weight is 653 g/mol. The van der Waals surface area contributed by atoms with E-state index in [1.807, 2.05) is 0 Å². The highest BCUT2D eigenvalue weighted by molar-refractivity contribution is 6.40. The van der Waals surface area contributed by atoms with Gasteiger partial charge in [0.1, 0.15) is 5.69 Å². The molecule has 2 amide bonds. The second-order valence-electron chi connectivity index (χ2n) is 10.3. The number of aromatic nitrogens is 3. The van der Waals surface area contributed by atoms with Crippen molar-refractivity contribution in [2.24, 2.45) is 0 Å². The van der Waals surface area contributed by atoms with Crippen molar-refractivity contribution in [1.82, 2.24) is 25.4 Å². The topological polar surface area (TPSA) is 170 Å². The van der Waals surface area contributed by atoms with Gasteiger partial charge in [0.2, 0.25) is 0 Å². The third kappa shape index (κ3) is 7.67. The highest BCUT2D eigenvalue weighted by Gasteiger charge is 2.25. The zero-order valence-corrected chi connectivity index (χ0v) is 25.5. The third-order valence-corrected chi connectivity index (χ3v) is 8.04. The Morgan fingerprint density at radius 2 is 1.60 bits per heavy atom. The summed E-state index contributed by atoms with van der Waals surface area (Å²) >= 11 is 13.5. The summed E-state index contributed by atoms with van der Waals surface area (Å²) in [6.45, 7) is 1.43. The Labute approximate surface area is 268 Å². The summed E-state index contributed by atoms with van der Waals surface area (Å²) in [5.74, 6) is -1.87. The van der Waals surface area contributed by atoms with Gasteiger partial charge < -0.3 is 26.2 Å². The van der Waals surface area contributed by atoms with Crippen LogP contribution in [0, 0.1) is 0 Å². The van der Waals surface area contributed by atoms with Crippen LogP contribution in [0.3, 0.4) is 0 Å². The van der Waals surface area contributed by atoms with Crippen LogP contribution in [0.2, 0.25) is 10.0 Å². The van der Waals surface area contributed by atoms with Gasteiger partial charge in [-0.2, -0.15) is 5.10 Å². The summed E-state index contributed by atoms with van der Waals surface area (Å²) in [5, 5.41) is 34.5. The summed E-state index contributed by atoms with van der Waals surface area (Å²) < 4.78 is 1.72. The first-order valence-corrected chi connectivity index (χ1v) is 15.0. The lowest BCUT2D eigenvalue weighted by atomic mass is 10.0. The van der Waals surface area contributed by atoms with E-state index in [2.05, 4.69) is 31.3 Å². The van der Waals surface area contributed by atoms with E-state index in [-0.39, 0.29) is 40.6 Å². The molecule has 5 rings (SSSR count). The van der Waals surface area contributed by atoms with E-state index in [1.54, 1.807) is 65.5 Å². The van der Waals surface area contributed by atoms with Crippen molar-refractivity contribution in [3.05, 3.63) is 93.5 Å². The lowest BCUT2D eigenvalue weighted by Gasteiger charge is -2.23. The maximum Gasteiger partial charge on any atom is 0.317 e. The first-order valence-electron chi connectivity index (χ1n) is 14.2. The second-order valence-corrected chi connectivity index (χ2v) is 11.1. The second kappa shape index (κ2) is 14.6. The smallest absolute Gasteiger partial charge is 0.317 e. The van der Waals surface area contributed by atoms with Gasteiger partial charge in [-0.25, -0.2) is 0 Å². The molecule has 0 radical (unpaired) electrons. The molecule has 234 valence electrons. The quantitative estimate of drug-likeness (QED) is 0.122. The van der Waals surface area contributed by atoms with Crippen LogP contribution in [0.4, 0.5) is 11.4 Å². The molecule has 4 aromatic rings. The third-order valence-electron chi connectivity index (χ3n) is 7.22. The number of carbonyl (C=O) groups is 3. The van der Waals surface area contributed by atoms with Gasteiger partial charge >= 0.3 is 5.97 Å². The van der Waals surface area contributed by atoms with E-state index < -0.39 is 17.8 Å². The van der Waals surface area contributed by atoms with E-state index >= 15 is 0 Å². The van der Waals surface area contributed by atoms with Crippen LogP contribution >= 0.6 is 23.2 Å². The van der Waals surface area contributed by atoms with Crippen molar-refractivity contribution in [2.45, 2.75) is 32.0 Å². The SMILES string of the molecule is O=C(O)CN[C@@H]1CCCn2nc(C(=O)Nc3cccc(-c4cccc(NC(=O)c5ccc(CNCCO)cn5)c4Cl)c3Cl)cc21. The summed E-state index contributed by atoms with van der Waals surface area (Å²) in [6, 6.07) is 15.1. The number of nitrogens with one attached hydrogen (secondary N) is 4. The molecule has 0 fully saturated rings. The number of aliphatic hydroxyl groups is 1. The fourth-order valence-electron chi connectivity index (χ4n) is 5.03. The number of anilines is 2. The number of nitrogens with zero attached hydrogens (tertiary/aromatic N) is 3. The Balaban J connectivity index is 1.31. The number of fused-ring (bicyclic) bond motifs is 1. The molecule has 0 unspecified atom stereocenters. The number of hydrogen-bond donors (Lipinski definition) is 6. The minimum absolute atomic E-state index is 0.0299. The van der Waals surface area contributed by atoms with E-state index in [4.69, 9.17) is 33.4 Å². The molecule has 0 spiro atoms. The van der Waals surface area contributed by atoms with E-state index in [0.29, 0.717) is 42.1 Å². The van der Waals surface area contributed by atoms with Crippen molar-refractivity contribution in [3.8, 4) is 11.1 Å². The molecular weight excluding hydrogens is 621 g/mol. The number of carbonyl (C=O) groups excluding carboxylic acids is 2. The number of aliphatic hydroxyl groups excluding tert-OH is 1. The zero-order valence-electron chi connectivity index (χ0n) is 24.0. The molecule has 2 aromatic heterocycles. The van der Waals surface area contributed by atoms with Gasteiger partial charge in [0.15, 0.2) is 5.69 Å². The lowest BCUT2D eigenvalue weighted by Crippen LogP contribution is -2.31. The number of benzene rings is 2. The molecule has 45 heavy (non-hydrogen) atoms. The van der Waals surface area contributed by atoms with Gasteiger partial charge in [-0.15, -0.1) is 0 Å². The zero-order chi connectivity index (χ0) is 31.9. The number of pyridine rings is 1. The number of aliphatic carboxylic acids is 1. The monoisotopic (exact) mass is 651 g/mol. The van der Waals surface area contributed by atoms with Gasteiger partial charge in [-0.1, -0.05) is 53.5 Å². The molecule has 12 nitrogen and oxygen atoms in total. The number of amides is 2. The van der Waals surface area contributed by atoms with Crippen molar-refractivity contribution in [3.63, 3.8) is 0 Å². The van der Waals surface area contributed by atoms with Crippen LogP contribution in [-0.2, 0) is 17.9 Å². The lowest BCUT2D eigenvalue weighted by molar-refractivity contribution is -0.136. The molecule has 0 saturated heterocycles. The van der Waals surface area contributed by atoms with E-state index in [9.17, 15) is 14.4 Å². The van der Waals surface area contributed by atoms with Crippen LogP contribution in [0.1, 0.15) is 51.1 Å². The van der Waals surface area contributed by atoms with Gasteiger partial charge in [-0.3, -0.25) is 29.4 Å². The maximum atomic E-state index is 13.2. The van der Waals surface area contributed by atoms with Gasteiger partial charge in [-0.05, 0) is 42.7 Å². The molecule has 0 bridgehead atoms. The summed E-state index contributed by atoms with van der Waals surface area (Å²) in [6.07, 6.45) is 3.12. The number of hydrogen-bond acceptors (Lipinski definition) is 8. The molecule has 14 heteroatoms. The van der Waals surface area contributed by atoms with E-state index in [1.165, 1.54) is 0 Å². The van der Waals surface area contributed by atoms with Crippen LogP contribution < -0.4 is 21.3 Å². The van der Waals surface area contributed by atoms with E-state index in [0.717, 1.165) is 24.1 Å². The van der Waals surface area contributed by atoms with Crippen LogP contribution in [0.15, 0.2) is 60.8 Å². The normalized spacial score (nSPS) is 14.1. The Morgan fingerprint density at radius 1 is 0.933 bits per heavy atom. The Morgan fingerprint density at radius 3 is 2.20 bits per heavy atom. The van der Waals surface area contributed by atoms with Crippen molar-refractivity contribution in [1.29, 1.82) is 0 Å². The molecule has 0 saturated carbocycles. The maximum absolute atomic E-state index is 13.2. The minimum atomic E-state index is -0.960. The molecule has 1 aliphatic rings. The molecule has 2 aromatic carbocycles. The van der Waals surface area contributed by atoms with Gasteiger partial charge in [0, 0.05) is 43.0 Å². The highest BCUT2D eigenvalue weighted by Crippen LogP contribution is 2.40.